The van der Waals surface area contributed by atoms with Gasteiger partial charge in [-0.15, -0.1) is 0 Å². The van der Waals surface area contributed by atoms with Gasteiger partial charge in [-0.1, -0.05) is 24.3 Å². The van der Waals surface area contributed by atoms with E-state index >= 15 is 0 Å². The standard InChI is InChI=1S/C32H30N6O7S/c1-2-45-28-8-4-5-23(20-28)25-9-14-31-33-32(24-6-3-7-27(19-24)38(41)42)30(36(31)21-25)22-34-15-17-35(18-16-34)46(43,44)29-12-10-26(11-13-29)37(39)40/h3-14,19-21H,2,15-18,22H2,1H3. The normalized spacial score (nSPS) is 14.4. The average molecular weight is 643 g/mol. The highest BCUT2D eigenvalue weighted by Gasteiger charge is 2.30. The molecule has 0 unspecified atom stereocenters. The Morgan fingerprint density at radius 3 is 2.20 bits per heavy atom. The SMILES string of the molecule is CCOc1cccc(-c2ccc3nc(-c4cccc([N+](=O)[O-])c4)c(CN4CCN(S(=O)(=O)c5ccc([N+](=O)[O-])cc5)CC4)n3c2)c1. The first-order valence-electron chi connectivity index (χ1n) is 14.6. The van der Waals surface area contributed by atoms with E-state index in [4.69, 9.17) is 9.72 Å². The van der Waals surface area contributed by atoms with E-state index in [0.717, 1.165) is 22.6 Å². The van der Waals surface area contributed by atoms with Gasteiger partial charge in [0.2, 0.25) is 10.0 Å². The van der Waals surface area contributed by atoms with Gasteiger partial charge in [-0.25, -0.2) is 13.4 Å². The molecule has 2 aromatic heterocycles. The molecule has 6 rings (SSSR count). The molecule has 0 amide bonds. The Hall–Kier alpha value is -5.18. The molecule has 5 aromatic rings. The van der Waals surface area contributed by atoms with E-state index in [1.165, 1.54) is 40.7 Å². The van der Waals surface area contributed by atoms with Crippen LogP contribution in [0, 0.1) is 20.2 Å². The summed E-state index contributed by atoms with van der Waals surface area (Å²) in [5, 5.41) is 22.6. The van der Waals surface area contributed by atoms with Gasteiger partial charge in [0.1, 0.15) is 11.4 Å². The Kier molecular flexibility index (Phi) is 8.49. The van der Waals surface area contributed by atoms with E-state index in [0.29, 0.717) is 43.1 Å². The molecule has 0 saturated carbocycles. The Morgan fingerprint density at radius 2 is 1.50 bits per heavy atom. The number of fused-ring (bicyclic) bond motifs is 1. The van der Waals surface area contributed by atoms with Gasteiger partial charge in [0.25, 0.3) is 11.4 Å². The molecule has 46 heavy (non-hydrogen) atoms. The summed E-state index contributed by atoms with van der Waals surface area (Å²) in [6.45, 7) is 4.16. The van der Waals surface area contributed by atoms with E-state index in [1.807, 2.05) is 53.9 Å². The summed E-state index contributed by atoms with van der Waals surface area (Å²) in [5.41, 5.74) is 4.34. The minimum atomic E-state index is -3.84. The fourth-order valence-electron chi connectivity index (χ4n) is 5.57. The molecular formula is C32H30N6O7S. The van der Waals surface area contributed by atoms with Crippen molar-refractivity contribution in [2.24, 2.45) is 0 Å². The van der Waals surface area contributed by atoms with Gasteiger partial charge in [-0.2, -0.15) is 4.31 Å². The zero-order valence-corrected chi connectivity index (χ0v) is 25.7. The van der Waals surface area contributed by atoms with Crippen LogP contribution < -0.4 is 4.74 Å². The maximum atomic E-state index is 13.3. The first-order chi connectivity index (χ1) is 22.1. The lowest BCUT2D eigenvalue weighted by Crippen LogP contribution is -2.48. The monoisotopic (exact) mass is 642 g/mol. The van der Waals surface area contributed by atoms with Crippen molar-refractivity contribution in [3.63, 3.8) is 0 Å². The predicted molar refractivity (Wildman–Crippen MR) is 171 cm³/mol. The summed E-state index contributed by atoms with van der Waals surface area (Å²) in [6, 6.07) is 22.9. The van der Waals surface area contributed by atoms with E-state index < -0.39 is 19.9 Å². The summed E-state index contributed by atoms with van der Waals surface area (Å²) in [4.78, 5) is 28.6. The lowest BCUT2D eigenvalue weighted by atomic mass is 10.1. The third-order valence-corrected chi connectivity index (χ3v) is 9.83. The van der Waals surface area contributed by atoms with Crippen molar-refractivity contribution in [3.8, 4) is 28.1 Å². The van der Waals surface area contributed by atoms with Crippen molar-refractivity contribution in [3.05, 3.63) is 117 Å². The van der Waals surface area contributed by atoms with Gasteiger partial charge in [-0.05, 0) is 54.4 Å². The van der Waals surface area contributed by atoms with Gasteiger partial charge in [0, 0.05) is 68.7 Å². The number of pyridine rings is 1. The molecule has 1 aliphatic rings. The van der Waals surface area contributed by atoms with Crippen LogP contribution in [0.25, 0.3) is 28.0 Å². The number of sulfonamides is 1. The van der Waals surface area contributed by atoms with Crippen molar-refractivity contribution >= 4 is 27.0 Å². The van der Waals surface area contributed by atoms with Crippen molar-refractivity contribution in [1.82, 2.24) is 18.6 Å². The van der Waals surface area contributed by atoms with Crippen molar-refractivity contribution in [2.75, 3.05) is 32.8 Å². The van der Waals surface area contributed by atoms with Gasteiger partial charge in [-0.3, -0.25) is 25.1 Å². The molecular weight excluding hydrogens is 612 g/mol. The molecule has 13 nitrogen and oxygen atoms in total. The maximum Gasteiger partial charge on any atom is 0.270 e. The van der Waals surface area contributed by atoms with Crippen molar-refractivity contribution in [1.29, 1.82) is 0 Å². The van der Waals surface area contributed by atoms with E-state index in [-0.39, 0.29) is 29.4 Å². The maximum absolute atomic E-state index is 13.3. The number of aromatic nitrogens is 2. The number of nitro groups is 2. The Balaban J connectivity index is 1.31. The van der Waals surface area contributed by atoms with Crippen LogP contribution in [0.15, 0.2) is 96.0 Å². The van der Waals surface area contributed by atoms with Crippen LogP contribution in [0.3, 0.4) is 0 Å². The second-order valence-electron chi connectivity index (χ2n) is 10.8. The van der Waals surface area contributed by atoms with Gasteiger partial charge in [0.05, 0.1) is 32.7 Å². The molecule has 0 bridgehead atoms. The molecule has 0 radical (unpaired) electrons. The van der Waals surface area contributed by atoms with Crippen LogP contribution >= 0.6 is 0 Å². The van der Waals surface area contributed by atoms with Crippen LogP contribution in [0.2, 0.25) is 0 Å². The lowest BCUT2D eigenvalue weighted by molar-refractivity contribution is -0.385. The number of piperazine rings is 1. The Morgan fingerprint density at radius 1 is 0.804 bits per heavy atom. The van der Waals surface area contributed by atoms with Gasteiger partial charge < -0.3 is 9.14 Å². The van der Waals surface area contributed by atoms with Crippen LogP contribution in [0.1, 0.15) is 12.6 Å². The van der Waals surface area contributed by atoms with E-state index in [1.54, 1.807) is 12.1 Å². The van der Waals surface area contributed by atoms with E-state index in [2.05, 4.69) is 4.90 Å². The highest BCUT2D eigenvalue weighted by molar-refractivity contribution is 7.89. The van der Waals surface area contributed by atoms with Crippen molar-refractivity contribution < 1.29 is 23.0 Å². The number of nitrogens with zero attached hydrogens (tertiary/aromatic N) is 6. The minimum Gasteiger partial charge on any atom is -0.494 e. The number of rotatable bonds is 10. The first kappa shape index (κ1) is 30.8. The largest absolute Gasteiger partial charge is 0.494 e. The van der Waals surface area contributed by atoms with Gasteiger partial charge in [0.15, 0.2) is 0 Å². The fraction of sp³-hybridized carbons (Fsp3) is 0.219. The number of hydrogen-bond acceptors (Lipinski definition) is 9. The molecule has 236 valence electrons. The number of ether oxygens (including phenoxy) is 1. The highest BCUT2D eigenvalue weighted by atomic mass is 32.2. The number of non-ortho nitro benzene ring substituents is 2. The lowest BCUT2D eigenvalue weighted by Gasteiger charge is -2.34. The summed E-state index contributed by atoms with van der Waals surface area (Å²) in [6.07, 6.45) is 1.98. The van der Waals surface area contributed by atoms with Gasteiger partial charge >= 0.3 is 0 Å². The average Bonchev–Trinajstić information content (AvgIpc) is 3.42. The number of hydrogen-bond donors (Lipinski definition) is 0. The summed E-state index contributed by atoms with van der Waals surface area (Å²) >= 11 is 0. The highest BCUT2D eigenvalue weighted by Crippen LogP contribution is 2.32. The third kappa shape index (κ3) is 6.18. The van der Waals surface area contributed by atoms with E-state index in [9.17, 15) is 28.6 Å². The smallest absolute Gasteiger partial charge is 0.270 e. The number of benzene rings is 3. The molecule has 1 saturated heterocycles. The predicted octanol–water partition coefficient (Wildman–Crippen LogP) is 5.39. The zero-order valence-electron chi connectivity index (χ0n) is 24.9. The quantitative estimate of drug-likeness (QED) is 0.144. The van der Waals surface area contributed by atoms with Crippen LogP contribution in [-0.4, -0.2) is 69.6 Å². The molecule has 0 atom stereocenters. The van der Waals surface area contributed by atoms with Crippen LogP contribution in [-0.2, 0) is 16.6 Å². The number of nitro benzene ring substituents is 2. The first-order valence-corrected chi connectivity index (χ1v) is 16.0. The fourth-order valence-corrected chi connectivity index (χ4v) is 7.00. The molecule has 0 N–H and O–H groups in total. The molecule has 1 fully saturated rings. The molecule has 3 heterocycles. The Bertz CT molecular complexity index is 2040. The van der Waals surface area contributed by atoms with Crippen molar-refractivity contribution in [2.45, 2.75) is 18.4 Å². The third-order valence-electron chi connectivity index (χ3n) is 7.92. The molecule has 0 aliphatic carbocycles. The second kappa shape index (κ2) is 12.7. The molecule has 0 spiro atoms. The van der Waals surface area contributed by atoms with Crippen LogP contribution in [0.4, 0.5) is 11.4 Å². The summed E-state index contributed by atoms with van der Waals surface area (Å²) in [7, 11) is -3.84. The summed E-state index contributed by atoms with van der Waals surface area (Å²) in [5.74, 6) is 0.754. The topological polar surface area (TPSA) is 153 Å². The molecule has 3 aromatic carbocycles. The molecule has 14 heteroatoms. The van der Waals surface area contributed by atoms with Crippen LogP contribution in [0.5, 0.6) is 5.75 Å². The molecule has 1 aliphatic heterocycles. The minimum absolute atomic E-state index is 0.00206. The Labute approximate surface area is 264 Å². The number of imidazole rings is 1. The second-order valence-corrected chi connectivity index (χ2v) is 12.7. The summed E-state index contributed by atoms with van der Waals surface area (Å²) < 4.78 is 35.6. The zero-order chi connectivity index (χ0) is 32.4.